The fourth-order valence-electron chi connectivity index (χ4n) is 3.30. The van der Waals surface area contributed by atoms with Gasteiger partial charge < -0.3 is 0 Å². The normalized spacial score (nSPS) is 16.5. The van der Waals surface area contributed by atoms with Crippen molar-refractivity contribution in [2.75, 3.05) is 0 Å². The lowest BCUT2D eigenvalue weighted by Gasteiger charge is -2.24. The number of fused-ring (bicyclic) bond motifs is 1. The van der Waals surface area contributed by atoms with Crippen molar-refractivity contribution in [3.63, 3.8) is 0 Å². The van der Waals surface area contributed by atoms with E-state index in [2.05, 4.69) is 43.3 Å². The second kappa shape index (κ2) is 5.51. The van der Waals surface area contributed by atoms with E-state index in [1.165, 1.54) is 48.4 Å². The first-order chi connectivity index (χ1) is 8.36. The molecular weight excluding hydrogens is 223 g/mol. The van der Waals surface area contributed by atoms with Gasteiger partial charge in [-0.2, -0.15) is 0 Å². The Morgan fingerprint density at radius 1 is 0.889 bits per heavy atom. The molecule has 2 aromatic carbocycles. The molecule has 1 heteroatoms. The van der Waals surface area contributed by atoms with Crippen LogP contribution < -0.4 is 0 Å². The number of hydrogen-bond donors (Lipinski definition) is 0. The van der Waals surface area contributed by atoms with Crippen LogP contribution in [0.25, 0.3) is 10.8 Å². The second-order valence-electron chi connectivity index (χ2n) is 5.34. The summed E-state index contributed by atoms with van der Waals surface area (Å²) in [7, 11) is 0. The van der Waals surface area contributed by atoms with E-state index >= 15 is 0 Å². The highest BCUT2D eigenvalue weighted by molar-refractivity contribution is 5.86. The highest BCUT2D eigenvalue weighted by Gasteiger charge is 2.17. The van der Waals surface area contributed by atoms with Gasteiger partial charge in [-0.3, -0.25) is 4.70 Å². The average Bonchev–Trinajstić information content (AvgIpc) is 2.40. The topological polar surface area (TPSA) is 0 Å². The van der Waals surface area contributed by atoms with Crippen LogP contribution in [-0.2, 0) is 0 Å². The number of benzene rings is 2. The Balaban J connectivity index is 0.00000120. The van der Waals surface area contributed by atoms with Crippen molar-refractivity contribution in [2.45, 2.75) is 44.9 Å². The molecule has 0 amide bonds. The summed E-state index contributed by atoms with van der Waals surface area (Å²) < 4.78 is 0. The zero-order valence-corrected chi connectivity index (χ0v) is 11.0. The molecular formula is C17H21F. The van der Waals surface area contributed by atoms with E-state index in [1.54, 1.807) is 5.56 Å². The maximum atomic E-state index is 2.37. The average molecular weight is 244 g/mol. The Morgan fingerprint density at radius 2 is 1.61 bits per heavy atom. The van der Waals surface area contributed by atoms with Crippen LogP contribution in [0.15, 0.2) is 36.4 Å². The van der Waals surface area contributed by atoms with Gasteiger partial charge in [0.15, 0.2) is 0 Å². The fraction of sp³-hybridized carbons (Fsp3) is 0.412. The zero-order chi connectivity index (χ0) is 11.7. The quantitative estimate of drug-likeness (QED) is 0.634. The first kappa shape index (κ1) is 13.1. The van der Waals surface area contributed by atoms with Crippen molar-refractivity contribution in [2.24, 2.45) is 0 Å². The van der Waals surface area contributed by atoms with Gasteiger partial charge in [0.1, 0.15) is 0 Å². The summed E-state index contributed by atoms with van der Waals surface area (Å²) in [4.78, 5) is 0. The van der Waals surface area contributed by atoms with Crippen LogP contribution in [0, 0.1) is 6.92 Å². The molecule has 0 radical (unpaired) electrons. The third-order valence-corrected chi connectivity index (χ3v) is 4.29. The molecule has 1 fully saturated rings. The minimum absolute atomic E-state index is 0. The van der Waals surface area contributed by atoms with Crippen molar-refractivity contribution in [3.8, 4) is 0 Å². The van der Waals surface area contributed by atoms with E-state index in [-0.39, 0.29) is 4.70 Å². The van der Waals surface area contributed by atoms with Crippen LogP contribution in [0.1, 0.15) is 49.1 Å². The van der Waals surface area contributed by atoms with Crippen LogP contribution in [-0.4, -0.2) is 0 Å². The highest BCUT2D eigenvalue weighted by Crippen LogP contribution is 2.36. The number of hydrogen-bond acceptors (Lipinski definition) is 0. The molecule has 0 N–H and O–H groups in total. The van der Waals surface area contributed by atoms with Gasteiger partial charge >= 0.3 is 0 Å². The molecule has 18 heavy (non-hydrogen) atoms. The summed E-state index contributed by atoms with van der Waals surface area (Å²) in [5.74, 6) is 0.813. The lowest BCUT2D eigenvalue weighted by molar-refractivity contribution is 0.443. The third-order valence-electron chi connectivity index (χ3n) is 4.29. The minimum Gasteiger partial charge on any atom is -0.269 e. The Bertz CT molecular complexity index is 524. The summed E-state index contributed by atoms with van der Waals surface area (Å²) in [5.41, 5.74) is 3.11. The lowest BCUT2D eigenvalue weighted by Crippen LogP contribution is -2.06. The molecule has 1 aliphatic carbocycles. The van der Waals surface area contributed by atoms with Crippen LogP contribution in [0.2, 0.25) is 0 Å². The van der Waals surface area contributed by atoms with E-state index in [0.717, 1.165) is 5.92 Å². The molecule has 0 aliphatic heterocycles. The fourth-order valence-corrected chi connectivity index (χ4v) is 3.30. The van der Waals surface area contributed by atoms with Crippen molar-refractivity contribution >= 4 is 10.8 Å². The van der Waals surface area contributed by atoms with E-state index in [0.29, 0.717) is 0 Å². The first-order valence-electron chi connectivity index (χ1n) is 6.84. The van der Waals surface area contributed by atoms with Gasteiger partial charge in [0.05, 0.1) is 0 Å². The van der Waals surface area contributed by atoms with Gasteiger partial charge in [-0.05, 0) is 47.6 Å². The molecule has 0 nitrogen and oxygen atoms in total. The van der Waals surface area contributed by atoms with Gasteiger partial charge in [0.2, 0.25) is 0 Å². The predicted molar refractivity (Wildman–Crippen MR) is 77.0 cm³/mol. The van der Waals surface area contributed by atoms with E-state index in [9.17, 15) is 0 Å². The van der Waals surface area contributed by atoms with Crippen molar-refractivity contribution in [1.82, 2.24) is 0 Å². The van der Waals surface area contributed by atoms with Crippen molar-refractivity contribution < 1.29 is 4.70 Å². The molecule has 0 saturated heterocycles. The molecule has 1 aliphatic rings. The van der Waals surface area contributed by atoms with Crippen LogP contribution in [0.5, 0.6) is 0 Å². The van der Waals surface area contributed by atoms with Crippen LogP contribution in [0.3, 0.4) is 0 Å². The molecule has 0 aromatic heterocycles. The Kier molecular flexibility index (Phi) is 4.00. The Hall–Kier alpha value is -1.37. The molecule has 0 unspecified atom stereocenters. The van der Waals surface area contributed by atoms with Crippen molar-refractivity contribution in [3.05, 3.63) is 47.5 Å². The summed E-state index contributed by atoms with van der Waals surface area (Å²) in [6, 6.07) is 13.4. The molecule has 0 heterocycles. The van der Waals surface area contributed by atoms with Gasteiger partial charge in [-0.1, -0.05) is 55.7 Å². The molecule has 3 rings (SSSR count). The monoisotopic (exact) mass is 244 g/mol. The maximum Gasteiger partial charge on any atom is -0.0152 e. The Morgan fingerprint density at radius 3 is 2.39 bits per heavy atom. The second-order valence-corrected chi connectivity index (χ2v) is 5.34. The predicted octanol–water partition coefficient (Wildman–Crippen LogP) is 5.35. The van der Waals surface area contributed by atoms with Gasteiger partial charge in [-0.15, -0.1) is 0 Å². The van der Waals surface area contributed by atoms with E-state index in [4.69, 9.17) is 0 Å². The SMILES string of the molecule is Cc1c(C2CCCCC2)ccc2ccccc12.F. The molecule has 2 aromatic rings. The van der Waals surface area contributed by atoms with Crippen molar-refractivity contribution in [1.29, 1.82) is 0 Å². The highest BCUT2D eigenvalue weighted by atomic mass is 19.0. The first-order valence-corrected chi connectivity index (χ1v) is 6.84. The van der Waals surface area contributed by atoms with Gasteiger partial charge in [0.25, 0.3) is 0 Å². The smallest absolute Gasteiger partial charge is 0.0152 e. The summed E-state index contributed by atoms with van der Waals surface area (Å²) >= 11 is 0. The zero-order valence-electron chi connectivity index (χ0n) is 11.0. The lowest BCUT2D eigenvalue weighted by atomic mass is 9.81. The molecule has 0 spiro atoms. The maximum absolute atomic E-state index is 2.37. The van der Waals surface area contributed by atoms with E-state index in [1.807, 2.05) is 0 Å². The van der Waals surface area contributed by atoms with Crippen LogP contribution in [0.4, 0.5) is 4.70 Å². The number of halogens is 1. The van der Waals surface area contributed by atoms with Gasteiger partial charge in [-0.25, -0.2) is 0 Å². The molecule has 0 atom stereocenters. The number of aryl methyl sites for hydroxylation is 1. The van der Waals surface area contributed by atoms with Crippen LogP contribution >= 0.6 is 0 Å². The van der Waals surface area contributed by atoms with E-state index < -0.39 is 0 Å². The standard InChI is InChI=1S/C17H20.FH/c1-13-16-10-6-5-9-15(16)11-12-17(13)14-7-3-2-4-8-14;/h5-6,9-12,14H,2-4,7-8H2,1H3;1H. The largest absolute Gasteiger partial charge is 0.269 e. The van der Waals surface area contributed by atoms with Gasteiger partial charge in [0, 0.05) is 0 Å². The number of rotatable bonds is 1. The molecule has 1 saturated carbocycles. The summed E-state index contributed by atoms with van der Waals surface area (Å²) in [6.45, 7) is 2.30. The molecule has 0 bridgehead atoms. The summed E-state index contributed by atoms with van der Waals surface area (Å²) in [6.07, 6.45) is 7.04. The molecule has 96 valence electrons. The summed E-state index contributed by atoms with van der Waals surface area (Å²) in [5, 5.41) is 2.82. The third kappa shape index (κ3) is 2.27. The minimum atomic E-state index is 0. The Labute approximate surface area is 108 Å².